The lowest BCUT2D eigenvalue weighted by Gasteiger charge is -2.34. The minimum absolute atomic E-state index is 0.120. The van der Waals surface area contributed by atoms with Crippen molar-refractivity contribution in [1.29, 1.82) is 0 Å². The van der Waals surface area contributed by atoms with Crippen LogP contribution in [0.5, 0.6) is 5.75 Å². The van der Waals surface area contributed by atoms with Gasteiger partial charge in [-0.2, -0.15) is 13.2 Å². The van der Waals surface area contributed by atoms with E-state index in [1.54, 1.807) is 11.8 Å². The minimum atomic E-state index is -4.59. The second kappa shape index (κ2) is 9.84. The fourth-order valence-electron chi connectivity index (χ4n) is 3.42. The summed E-state index contributed by atoms with van der Waals surface area (Å²) in [5, 5.41) is 2.42. The molecule has 0 radical (unpaired) electrons. The fourth-order valence-corrected chi connectivity index (χ4v) is 3.42. The number of hydrogen-bond acceptors (Lipinski definition) is 3. The van der Waals surface area contributed by atoms with E-state index in [4.69, 9.17) is 4.74 Å². The molecular weight excluding hydrogens is 395 g/mol. The van der Waals surface area contributed by atoms with Crippen LogP contribution in [-0.4, -0.2) is 55.2 Å². The summed E-state index contributed by atoms with van der Waals surface area (Å²) in [5.41, 5.74) is 0.0820. The number of amides is 2. The Bertz CT molecular complexity index is 835. The molecule has 0 aliphatic carbocycles. The number of nitrogens with zero attached hydrogens (tertiary/aromatic N) is 2. The van der Waals surface area contributed by atoms with E-state index in [-0.39, 0.29) is 18.0 Å². The van der Waals surface area contributed by atoms with Gasteiger partial charge in [0.1, 0.15) is 5.75 Å². The van der Waals surface area contributed by atoms with Gasteiger partial charge in [-0.25, -0.2) is 4.79 Å². The molecule has 3 rings (SSSR count). The standard InChI is InChI=1S/C22H26F3N3O2/c1-2-30-18-8-9-20(19(16-18)22(23,24)25)26-21(29)28-14-12-27(13-15-28)11-10-17-6-4-3-5-7-17/h3-9,16H,2,10-15H2,1H3,(H,26,29). The Morgan fingerprint density at radius 3 is 2.40 bits per heavy atom. The van der Waals surface area contributed by atoms with Crippen LogP contribution in [0.2, 0.25) is 0 Å². The first-order valence-electron chi connectivity index (χ1n) is 10.0. The van der Waals surface area contributed by atoms with E-state index in [2.05, 4.69) is 22.3 Å². The lowest BCUT2D eigenvalue weighted by molar-refractivity contribution is -0.137. The number of halogens is 3. The number of nitrogens with one attached hydrogen (secondary N) is 1. The predicted octanol–water partition coefficient (Wildman–Crippen LogP) is 4.50. The van der Waals surface area contributed by atoms with Crippen molar-refractivity contribution in [1.82, 2.24) is 9.80 Å². The summed E-state index contributed by atoms with van der Waals surface area (Å²) in [7, 11) is 0. The molecule has 162 valence electrons. The zero-order valence-corrected chi connectivity index (χ0v) is 16.9. The molecule has 1 saturated heterocycles. The number of piperazine rings is 1. The quantitative estimate of drug-likeness (QED) is 0.747. The maximum atomic E-state index is 13.4. The second-order valence-electron chi connectivity index (χ2n) is 7.13. The van der Waals surface area contributed by atoms with Crippen molar-refractivity contribution in [2.45, 2.75) is 19.5 Å². The molecule has 1 N–H and O–H groups in total. The zero-order valence-electron chi connectivity index (χ0n) is 16.9. The summed E-state index contributed by atoms with van der Waals surface area (Å²) < 4.78 is 45.4. The molecule has 30 heavy (non-hydrogen) atoms. The van der Waals surface area contributed by atoms with Crippen molar-refractivity contribution < 1.29 is 22.7 Å². The van der Waals surface area contributed by atoms with Crippen molar-refractivity contribution in [2.75, 3.05) is 44.6 Å². The largest absolute Gasteiger partial charge is 0.494 e. The van der Waals surface area contributed by atoms with Crippen LogP contribution in [0.3, 0.4) is 0 Å². The van der Waals surface area contributed by atoms with E-state index >= 15 is 0 Å². The van der Waals surface area contributed by atoms with Gasteiger partial charge in [0.15, 0.2) is 0 Å². The average Bonchev–Trinajstić information content (AvgIpc) is 2.74. The highest BCUT2D eigenvalue weighted by atomic mass is 19.4. The summed E-state index contributed by atoms with van der Waals surface area (Å²) in [6, 6.07) is 13.2. The molecule has 0 spiro atoms. The van der Waals surface area contributed by atoms with E-state index in [1.807, 2.05) is 18.2 Å². The third-order valence-corrected chi connectivity index (χ3v) is 5.07. The molecule has 1 heterocycles. The third-order valence-electron chi connectivity index (χ3n) is 5.07. The molecule has 0 atom stereocenters. The van der Waals surface area contributed by atoms with Gasteiger partial charge in [-0.3, -0.25) is 4.90 Å². The van der Waals surface area contributed by atoms with Crippen LogP contribution in [0, 0.1) is 0 Å². The summed E-state index contributed by atoms with van der Waals surface area (Å²) in [5.74, 6) is 0.120. The van der Waals surface area contributed by atoms with E-state index in [9.17, 15) is 18.0 Å². The molecule has 8 heteroatoms. The third kappa shape index (κ3) is 5.89. The number of rotatable bonds is 6. The molecule has 1 fully saturated rings. The first-order chi connectivity index (χ1) is 14.4. The molecule has 5 nitrogen and oxygen atoms in total. The van der Waals surface area contributed by atoms with Crippen LogP contribution in [0.25, 0.3) is 0 Å². The van der Waals surface area contributed by atoms with Crippen molar-refractivity contribution >= 4 is 11.7 Å². The molecule has 2 amide bonds. The lowest BCUT2D eigenvalue weighted by Crippen LogP contribution is -2.50. The predicted molar refractivity (Wildman–Crippen MR) is 110 cm³/mol. The molecule has 0 bridgehead atoms. The highest BCUT2D eigenvalue weighted by molar-refractivity contribution is 5.90. The molecule has 1 aliphatic heterocycles. The summed E-state index contributed by atoms with van der Waals surface area (Å²) in [6.45, 7) is 5.17. The van der Waals surface area contributed by atoms with Crippen LogP contribution in [-0.2, 0) is 12.6 Å². The number of hydrogen-bond donors (Lipinski definition) is 1. The maximum Gasteiger partial charge on any atom is 0.418 e. The zero-order chi connectivity index (χ0) is 21.6. The number of carbonyl (C=O) groups excluding carboxylic acids is 1. The van der Waals surface area contributed by atoms with Gasteiger partial charge in [-0.05, 0) is 37.1 Å². The first kappa shape index (κ1) is 22.0. The Morgan fingerprint density at radius 2 is 1.77 bits per heavy atom. The number of ether oxygens (including phenoxy) is 1. The Morgan fingerprint density at radius 1 is 1.07 bits per heavy atom. The lowest BCUT2D eigenvalue weighted by atomic mass is 10.1. The maximum absolute atomic E-state index is 13.4. The average molecular weight is 421 g/mol. The molecular formula is C22H26F3N3O2. The Kier molecular flexibility index (Phi) is 7.20. The van der Waals surface area contributed by atoms with Crippen molar-refractivity contribution in [3.05, 3.63) is 59.7 Å². The van der Waals surface area contributed by atoms with Crippen molar-refractivity contribution in [3.8, 4) is 5.75 Å². The fraction of sp³-hybridized carbons (Fsp3) is 0.409. The number of alkyl halides is 3. The number of carbonyl (C=O) groups is 1. The number of benzene rings is 2. The van der Waals surface area contributed by atoms with Gasteiger partial charge in [0.2, 0.25) is 0 Å². The van der Waals surface area contributed by atoms with Crippen LogP contribution in [0.4, 0.5) is 23.7 Å². The van der Waals surface area contributed by atoms with E-state index in [0.717, 1.165) is 19.0 Å². The van der Waals surface area contributed by atoms with Crippen molar-refractivity contribution in [3.63, 3.8) is 0 Å². The Balaban J connectivity index is 1.55. The Hall–Kier alpha value is -2.74. The van der Waals surface area contributed by atoms with Gasteiger partial charge in [0, 0.05) is 32.7 Å². The smallest absolute Gasteiger partial charge is 0.418 e. The van der Waals surface area contributed by atoms with Gasteiger partial charge in [-0.1, -0.05) is 30.3 Å². The van der Waals surface area contributed by atoms with Gasteiger partial charge >= 0.3 is 12.2 Å². The molecule has 0 aromatic heterocycles. The molecule has 0 saturated carbocycles. The van der Waals surface area contributed by atoms with E-state index < -0.39 is 17.8 Å². The highest BCUT2D eigenvalue weighted by Gasteiger charge is 2.35. The monoisotopic (exact) mass is 421 g/mol. The Labute approximate surface area is 174 Å². The summed E-state index contributed by atoms with van der Waals surface area (Å²) >= 11 is 0. The van der Waals surface area contributed by atoms with E-state index in [0.29, 0.717) is 26.2 Å². The number of urea groups is 1. The normalized spacial score (nSPS) is 15.1. The molecule has 2 aromatic carbocycles. The van der Waals surface area contributed by atoms with Gasteiger partial charge in [0.05, 0.1) is 17.9 Å². The molecule has 0 unspecified atom stereocenters. The second-order valence-corrected chi connectivity index (χ2v) is 7.13. The minimum Gasteiger partial charge on any atom is -0.494 e. The molecule has 1 aliphatic rings. The van der Waals surface area contributed by atoms with Crippen LogP contribution < -0.4 is 10.1 Å². The van der Waals surface area contributed by atoms with Crippen LogP contribution in [0.1, 0.15) is 18.1 Å². The van der Waals surface area contributed by atoms with Gasteiger partial charge < -0.3 is 15.0 Å². The SMILES string of the molecule is CCOc1ccc(NC(=O)N2CCN(CCc3ccccc3)CC2)c(C(F)(F)F)c1. The van der Waals surface area contributed by atoms with Crippen LogP contribution >= 0.6 is 0 Å². The summed E-state index contributed by atoms with van der Waals surface area (Å²) in [6.07, 6.45) is -3.67. The topological polar surface area (TPSA) is 44.8 Å². The van der Waals surface area contributed by atoms with Gasteiger partial charge in [-0.15, -0.1) is 0 Å². The first-order valence-corrected chi connectivity index (χ1v) is 10.0. The van der Waals surface area contributed by atoms with E-state index in [1.165, 1.54) is 17.7 Å². The number of anilines is 1. The van der Waals surface area contributed by atoms with Crippen molar-refractivity contribution in [2.24, 2.45) is 0 Å². The van der Waals surface area contributed by atoms with Crippen LogP contribution in [0.15, 0.2) is 48.5 Å². The summed E-state index contributed by atoms with van der Waals surface area (Å²) in [4.78, 5) is 16.4. The highest BCUT2D eigenvalue weighted by Crippen LogP contribution is 2.37. The molecule has 2 aromatic rings. The van der Waals surface area contributed by atoms with Gasteiger partial charge in [0.25, 0.3) is 0 Å².